The van der Waals surface area contributed by atoms with E-state index < -0.39 is 28.4 Å². The second kappa shape index (κ2) is 10.1. The van der Waals surface area contributed by atoms with Crippen molar-refractivity contribution in [1.82, 2.24) is 10.2 Å². The van der Waals surface area contributed by atoms with Crippen molar-refractivity contribution < 1.29 is 22.2 Å². The molecule has 0 aromatic heterocycles. The lowest BCUT2D eigenvalue weighted by Gasteiger charge is -2.37. The van der Waals surface area contributed by atoms with E-state index >= 15 is 0 Å². The van der Waals surface area contributed by atoms with Crippen LogP contribution >= 0.6 is 23.2 Å². The molecule has 1 unspecified atom stereocenters. The Kier molecular flexibility index (Phi) is 7.88. The molecule has 1 aliphatic rings. The van der Waals surface area contributed by atoms with Gasteiger partial charge in [0.1, 0.15) is 0 Å². The van der Waals surface area contributed by atoms with Crippen LogP contribution in [0.25, 0.3) is 0 Å². The Morgan fingerprint density at radius 3 is 2.53 bits per heavy atom. The summed E-state index contributed by atoms with van der Waals surface area (Å²) in [7, 11) is -1.29. The minimum absolute atomic E-state index is 0.00200. The van der Waals surface area contributed by atoms with Gasteiger partial charge in [-0.05, 0) is 41.5 Å². The molecule has 3 rings (SSSR count). The van der Waals surface area contributed by atoms with Gasteiger partial charge in [-0.15, -0.1) is 0 Å². The molecule has 1 aliphatic heterocycles. The molecule has 2 aromatic rings. The van der Waals surface area contributed by atoms with Gasteiger partial charge >= 0.3 is 6.18 Å². The number of hydrogen-bond donors (Lipinski definition) is 2. The van der Waals surface area contributed by atoms with Crippen molar-refractivity contribution in [2.75, 3.05) is 18.8 Å². The molecule has 0 spiro atoms. The highest BCUT2D eigenvalue weighted by atomic mass is 35.5. The van der Waals surface area contributed by atoms with Crippen LogP contribution in [0, 0.1) is 0 Å². The number of hydrogen-bond acceptors (Lipinski definition) is 4. The van der Waals surface area contributed by atoms with Crippen molar-refractivity contribution in [2.45, 2.75) is 37.1 Å². The summed E-state index contributed by atoms with van der Waals surface area (Å²) in [6.07, 6.45) is -4.68. The number of carbonyl (C=O) groups excluding carboxylic acids is 1. The van der Waals surface area contributed by atoms with Crippen LogP contribution in [0.2, 0.25) is 10.0 Å². The molecule has 1 fully saturated rings. The lowest BCUT2D eigenvalue weighted by Crippen LogP contribution is -2.55. The molecular formula is C21H22Cl2F3N3O2S. The van der Waals surface area contributed by atoms with Gasteiger partial charge in [-0.3, -0.25) is 13.9 Å². The summed E-state index contributed by atoms with van der Waals surface area (Å²) >= 11 is 12.2. The first-order valence-corrected chi connectivity index (χ1v) is 11.9. The van der Waals surface area contributed by atoms with Crippen molar-refractivity contribution in [3.8, 4) is 0 Å². The average molecular weight is 508 g/mol. The van der Waals surface area contributed by atoms with E-state index in [4.69, 9.17) is 28.9 Å². The number of amides is 1. The predicted octanol–water partition coefficient (Wildman–Crippen LogP) is 4.21. The van der Waals surface area contributed by atoms with E-state index in [0.717, 1.165) is 6.07 Å². The molecule has 5 nitrogen and oxygen atoms in total. The Hall–Kier alpha value is -1.65. The molecule has 2 aromatic carbocycles. The minimum atomic E-state index is -4.68. The molecule has 11 heteroatoms. The van der Waals surface area contributed by atoms with E-state index in [2.05, 4.69) is 5.32 Å². The Labute approximate surface area is 196 Å². The number of likely N-dealkylation sites (tertiary alicyclic amines) is 1. The number of rotatable bonds is 7. The average Bonchev–Trinajstić information content (AvgIpc) is 2.70. The number of nitrogens with two attached hydrogens (primary N) is 1. The number of halogens is 5. The molecule has 32 heavy (non-hydrogen) atoms. The van der Waals surface area contributed by atoms with Crippen LogP contribution in [0.3, 0.4) is 0 Å². The Bertz CT molecular complexity index is 1040. The van der Waals surface area contributed by atoms with Crippen LogP contribution in [0.15, 0.2) is 35.2 Å². The van der Waals surface area contributed by atoms with Gasteiger partial charge in [0.25, 0.3) is 5.91 Å². The largest absolute Gasteiger partial charge is 0.416 e. The SMILES string of the molecule is CCS(=O)c1ccc(Cl)cc1CNC(=O)c1cc(Cl)c(CN2CC(N)C2)c(C(F)(F)F)c1. The van der Waals surface area contributed by atoms with Gasteiger partial charge in [0.2, 0.25) is 0 Å². The van der Waals surface area contributed by atoms with Gasteiger partial charge in [-0.2, -0.15) is 13.2 Å². The van der Waals surface area contributed by atoms with E-state index in [1.807, 2.05) is 0 Å². The molecule has 1 heterocycles. The maximum Gasteiger partial charge on any atom is 0.416 e. The molecule has 1 atom stereocenters. The van der Waals surface area contributed by atoms with E-state index in [0.29, 0.717) is 34.3 Å². The van der Waals surface area contributed by atoms with Crippen molar-refractivity contribution in [3.63, 3.8) is 0 Å². The fraction of sp³-hybridized carbons (Fsp3) is 0.381. The lowest BCUT2D eigenvalue weighted by molar-refractivity contribution is -0.138. The normalized spacial score (nSPS) is 16.0. The summed E-state index contributed by atoms with van der Waals surface area (Å²) < 4.78 is 53.4. The maximum absolute atomic E-state index is 13.7. The Morgan fingerprint density at radius 1 is 1.25 bits per heavy atom. The summed E-state index contributed by atoms with van der Waals surface area (Å²) in [6, 6.07) is 6.74. The Balaban J connectivity index is 1.84. The fourth-order valence-corrected chi connectivity index (χ4v) is 4.91. The van der Waals surface area contributed by atoms with Crippen LogP contribution in [0.4, 0.5) is 13.2 Å². The first kappa shape index (κ1) is 25.0. The van der Waals surface area contributed by atoms with Gasteiger partial charge in [0.05, 0.1) is 16.4 Å². The smallest absolute Gasteiger partial charge is 0.348 e. The van der Waals surface area contributed by atoms with Crippen molar-refractivity contribution in [1.29, 1.82) is 0 Å². The third kappa shape index (κ3) is 5.82. The second-order valence-corrected chi connectivity index (χ2v) is 10.1. The summed E-state index contributed by atoms with van der Waals surface area (Å²) in [5.41, 5.74) is 4.97. The number of alkyl halides is 3. The highest BCUT2D eigenvalue weighted by molar-refractivity contribution is 7.85. The number of carbonyl (C=O) groups is 1. The molecule has 0 radical (unpaired) electrons. The van der Waals surface area contributed by atoms with Crippen LogP contribution in [0.1, 0.15) is 34.0 Å². The molecule has 0 saturated carbocycles. The zero-order chi connectivity index (χ0) is 23.6. The molecular weight excluding hydrogens is 486 g/mol. The number of nitrogens with zero attached hydrogens (tertiary/aromatic N) is 1. The molecule has 174 valence electrons. The van der Waals surface area contributed by atoms with E-state index in [1.165, 1.54) is 6.07 Å². The lowest BCUT2D eigenvalue weighted by atomic mass is 10.00. The molecule has 1 saturated heterocycles. The van der Waals surface area contributed by atoms with Crippen LogP contribution < -0.4 is 11.1 Å². The van der Waals surface area contributed by atoms with Gasteiger partial charge in [-0.1, -0.05) is 30.1 Å². The zero-order valence-electron chi connectivity index (χ0n) is 17.1. The zero-order valence-corrected chi connectivity index (χ0v) is 19.5. The standard InChI is InChI=1S/C21H22Cl2F3N3O2S/c1-2-32(31)19-4-3-14(22)5-13(19)8-28-20(30)12-6-17(21(24,25)26)16(18(23)7-12)11-29-9-15(27)10-29/h3-7,15H,2,8-11,27H2,1H3,(H,28,30). The maximum atomic E-state index is 13.7. The van der Waals surface area contributed by atoms with E-state index in [-0.39, 0.29) is 35.3 Å². The quantitative estimate of drug-likeness (QED) is 0.588. The molecule has 1 amide bonds. The third-order valence-corrected chi connectivity index (χ3v) is 7.09. The summed E-state index contributed by atoms with van der Waals surface area (Å²) in [4.78, 5) is 14.9. The summed E-state index contributed by atoms with van der Waals surface area (Å²) in [6.45, 7) is 2.67. The van der Waals surface area contributed by atoms with Gasteiger partial charge in [-0.25, -0.2) is 0 Å². The van der Waals surface area contributed by atoms with Crippen molar-refractivity contribution >= 4 is 39.9 Å². The van der Waals surface area contributed by atoms with Crippen LogP contribution in [-0.4, -0.2) is 39.9 Å². The minimum Gasteiger partial charge on any atom is -0.348 e. The first-order chi connectivity index (χ1) is 15.0. The number of benzene rings is 2. The van der Waals surface area contributed by atoms with Crippen molar-refractivity contribution in [2.24, 2.45) is 5.73 Å². The highest BCUT2D eigenvalue weighted by Crippen LogP contribution is 2.37. The monoisotopic (exact) mass is 507 g/mol. The number of nitrogens with one attached hydrogen (secondary N) is 1. The van der Waals surface area contributed by atoms with Crippen molar-refractivity contribution in [3.05, 3.63) is 62.6 Å². The van der Waals surface area contributed by atoms with E-state index in [1.54, 1.807) is 30.0 Å². The van der Waals surface area contributed by atoms with Gasteiger partial charge in [0, 0.05) is 58.5 Å². The highest BCUT2D eigenvalue weighted by Gasteiger charge is 2.37. The summed E-state index contributed by atoms with van der Waals surface area (Å²) in [5.74, 6) is -0.362. The second-order valence-electron chi connectivity index (χ2n) is 7.51. The predicted molar refractivity (Wildman–Crippen MR) is 119 cm³/mol. The molecule has 0 aliphatic carbocycles. The Morgan fingerprint density at radius 2 is 1.94 bits per heavy atom. The topological polar surface area (TPSA) is 75.4 Å². The van der Waals surface area contributed by atoms with Gasteiger partial charge in [0.15, 0.2) is 0 Å². The van der Waals surface area contributed by atoms with Gasteiger partial charge < -0.3 is 11.1 Å². The fourth-order valence-electron chi connectivity index (χ4n) is 3.49. The van der Waals surface area contributed by atoms with Crippen LogP contribution in [0.5, 0.6) is 0 Å². The third-order valence-electron chi connectivity index (χ3n) is 5.10. The summed E-state index contributed by atoms with van der Waals surface area (Å²) in [5, 5.41) is 2.83. The van der Waals surface area contributed by atoms with E-state index in [9.17, 15) is 22.2 Å². The molecule has 0 bridgehead atoms. The molecule has 3 N–H and O–H groups in total. The first-order valence-electron chi connectivity index (χ1n) is 9.82. The van der Waals surface area contributed by atoms with Crippen LogP contribution in [-0.2, 0) is 30.1 Å².